The number of amides is 3. The lowest BCUT2D eigenvalue weighted by atomic mass is 10.2. The smallest absolute Gasteiger partial charge is 0.414 e. The van der Waals surface area contributed by atoms with E-state index in [9.17, 15) is 9.59 Å². The van der Waals surface area contributed by atoms with Crippen molar-refractivity contribution in [2.24, 2.45) is 0 Å². The summed E-state index contributed by atoms with van der Waals surface area (Å²) in [7, 11) is 0. The molecule has 1 aromatic heterocycles. The highest BCUT2D eigenvalue weighted by atomic mass is 16.6. The van der Waals surface area contributed by atoms with E-state index in [4.69, 9.17) is 4.74 Å². The Balaban J connectivity index is 1.49. The number of aromatic amines is 1. The molecule has 0 spiro atoms. The predicted molar refractivity (Wildman–Crippen MR) is 96.1 cm³/mol. The summed E-state index contributed by atoms with van der Waals surface area (Å²) in [6, 6.07) is 14.3. The number of rotatable bonds is 3. The molecule has 0 bridgehead atoms. The summed E-state index contributed by atoms with van der Waals surface area (Å²) in [6.45, 7) is 0.877. The highest BCUT2D eigenvalue weighted by Crippen LogP contribution is 2.24. The van der Waals surface area contributed by atoms with E-state index >= 15 is 0 Å². The number of aromatic nitrogens is 1. The van der Waals surface area contributed by atoms with Gasteiger partial charge in [-0.05, 0) is 36.4 Å². The molecule has 1 aliphatic heterocycles. The number of carbonyl (C=O) groups is 2. The van der Waals surface area contributed by atoms with Crippen molar-refractivity contribution in [2.75, 3.05) is 28.7 Å². The molecule has 0 radical (unpaired) electrons. The van der Waals surface area contributed by atoms with E-state index < -0.39 is 0 Å². The van der Waals surface area contributed by atoms with Crippen LogP contribution in [0.25, 0.3) is 10.9 Å². The molecule has 2 heterocycles. The first kappa shape index (κ1) is 15.1. The average Bonchev–Trinajstić information content (AvgIpc) is 3.24. The molecule has 3 amide bonds. The maximum Gasteiger partial charge on any atom is 0.414 e. The van der Waals surface area contributed by atoms with Gasteiger partial charge in [0.15, 0.2) is 0 Å². The highest BCUT2D eigenvalue weighted by molar-refractivity contribution is 6.06. The van der Waals surface area contributed by atoms with E-state index in [1.807, 2.05) is 30.5 Å². The van der Waals surface area contributed by atoms with Gasteiger partial charge in [0.25, 0.3) is 0 Å². The monoisotopic (exact) mass is 336 g/mol. The first-order valence-electron chi connectivity index (χ1n) is 7.89. The second-order valence-corrected chi connectivity index (χ2v) is 5.64. The number of hydrogen-bond acceptors (Lipinski definition) is 3. The van der Waals surface area contributed by atoms with Crippen molar-refractivity contribution < 1.29 is 14.3 Å². The minimum absolute atomic E-state index is 0.352. The lowest BCUT2D eigenvalue weighted by Gasteiger charge is -2.14. The molecule has 25 heavy (non-hydrogen) atoms. The van der Waals surface area contributed by atoms with Gasteiger partial charge in [-0.1, -0.05) is 12.1 Å². The van der Waals surface area contributed by atoms with Crippen LogP contribution in [0.5, 0.6) is 0 Å². The Hall–Kier alpha value is -3.48. The normalized spacial score (nSPS) is 13.8. The predicted octanol–water partition coefficient (Wildman–Crippen LogP) is 3.77. The van der Waals surface area contributed by atoms with E-state index in [0.717, 1.165) is 16.6 Å². The molecular formula is C18H16N4O3. The van der Waals surface area contributed by atoms with Crippen LogP contribution in [0.3, 0.4) is 0 Å². The second kappa shape index (κ2) is 6.20. The molecule has 1 fully saturated rings. The van der Waals surface area contributed by atoms with E-state index in [1.165, 1.54) is 4.90 Å². The van der Waals surface area contributed by atoms with Crippen LogP contribution in [0, 0.1) is 0 Å². The Kier molecular flexibility index (Phi) is 3.74. The molecule has 3 N–H and O–H groups in total. The van der Waals surface area contributed by atoms with Crippen LogP contribution in [0.2, 0.25) is 0 Å². The number of nitrogens with one attached hydrogen (secondary N) is 3. The lowest BCUT2D eigenvalue weighted by molar-refractivity contribution is 0.181. The van der Waals surface area contributed by atoms with Gasteiger partial charge in [-0.3, -0.25) is 4.90 Å². The van der Waals surface area contributed by atoms with Gasteiger partial charge >= 0.3 is 12.1 Å². The summed E-state index contributed by atoms with van der Waals surface area (Å²) in [5.41, 5.74) is 2.95. The Labute approximate surface area is 143 Å². The molecule has 0 atom stereocenters. The fourth-order valence-corrected chi connectivity index (χ4v) is 2.86. The largest absolute Gasteiger partial charge is 0.447 e. The van der Waals surface area contributed by atoms with Gasteiger partial charge in [0.1, 0.15) is 6.61 Å². The first-order valence-corrected chi connectivity index (χ1v) is 7.89. The van der Waals surface area contributed by atoms with Crippen molar-refractivity contribution in [2.45, 2.75) is 0 Å². The van der Waals surface area contributed by atoms with Gasteiger partial charge in [-0.25, -0.2) is 9.59 Å². The van der Waals surface area contributed by atoms with Crippen LogP contribution >= 0.6 is 0 Å². The van der Waals surface area contributed by atoms with Crippen molar-refractivity contribution in [1.29, 1.82) is 0 Å². The Bertz CT molecular complexity index is 950. The molecule has 7 nitrogen and oxygen atoms in total. The van der Waals surface area contributed by atoms with E-state index in [1.54, 1.807) is 24.3 Å². The van der Waals surface area contributed by atoms with Crippen LogP contribution in [0.1, 0.15) is 0 Å². The molecule has 4 rings (SSSR count). The number of nitrogens with zero attached hydrogens (tertiary/aromatic N) is 1. The Morgan fingerprint density at radius 1 is 1.12 bits per heavy atom. The van der Waals surface area contributed by atoms with Gasteiger partial charge in [0.05, 0.1) is 12.2 Å². The molecular weight excluding hydrogens is 320 g/mol. The quantitative estimate of drug-likeness (QED) is 0.680. The Morgan fingerprint density at radius 3 is 2.84 bits per heavy atom. The van der Waals surface area contributed by atoms with Crippen LogP contribution in [-0.4, -0.2) is 30.3 Å². The van der Waals surface area contributed by atoms with E-state index in [2.05, 4.69) is 15.6 Å². The summed E-state index contributed by atoms with van der Waals surface area (Å²) >= 11 is 0. The maximum absolute atomic E-state index is 12.3. The molecule has 126 valence electrons. The van der Waals surface area contributed by atoms with Crippen molar-refractivity contribution in [3.63, 3.8) is 0 Å². The number of cyclic esters (lactones) is 1. The minimum atomic E-state index is -0.374. The zero-order valence-electron chi connectivity index (χ0n) is 13.3. The molecule has 1 aliphatic rings. The van der Waals surface area contributed by atoms with Gasteiger partial charge in [-0.15, -0.1) is 0 Å². The standard InChI is InChI=1S/C18H16N4O3/c23-17(21-16-6-2-5-15-14(16)7-8-19-15)20-12-3-1-4-13(11-12)22-9-10-25-18(22)24/h1-8,11,19H,9-10H2,(H2,20,21,23). The van der Waals surface area contributed by atoms with Crippen molar-refractivity contribution in [3.05, 3.63) is 54.7 Å². The number of carbonyl (C=O) groups excluding carboxylic acids is 2. The number of benzene rings is 2. The van der Waals surface area contributed by atoms with Crippen LogP contribution < -0.4 is 15.5 Å². The zero-order chi connectivity index (χ0) is 17.2. The number of fused-ring (bicyclic) bond motifs is 1. The fraction of sp³-hybridized carbons (Fsp3) is 0.111. The number of ether oxygens (including phenoxy) is 1. The molecule has 0 unspecified atom stereocenters. The molecule has 0 aliphatic carbocycles. The fourth-order valence-electron chi connectivity index (χ4n) is 2.86. The number of hydrogen-bond donors (Lipinski definition) is 3. The second-order valence-electron chi connectivity index (χ2n) is 5.64. The number of anilines is 3. The van der Waals surface area contributed by atoms with Crippen LogP contribution in [0.4, 0.5) is 26.7 Å². The highest BCUT2D eigenvalue weighted by Gasteiger charge is 2.23. The zero-order valence-corrected chi connectivity index (χ0v) is 13.3. The van der Waals surface area contributed by atoms with Gasteiger partial charge in [-0.2, -0.15) is 0 Å². The van der Waals surface area contributed by atoms with Gasteiger partial charge < -0.3 is 20.4 Å². The van der Waals surface area contributed by atoms with Crippen LogP contribution in [-0.2, 0) is 4.74 Å². The van der Waals surface area contributed by atoms with E-state index in [0.29, 0.717) is 24.5 Å². The third-order valence-corrected chi connectivity index (χ3v) is 4.02. The summed E-state index contributed by atoms with van der Waals surface area (Å²) < 4.78 is 4.94. The first-order chi connectivity index (χ1) is 12.2. The summed E-state index contributed by atoms with van der Waals surface area (Å²) in [4.78, 5) is 28.6. The molecule has 2 aromatic carbocycles. The summed E-state index contributed by atoms with van der Waals surface area (Å²) in [5.74, 6) is 0. The van der Waals surface area contributed by atoms with Crippen molar-refractivity contribution in [3.8, 4) is 0 Å². The van der Waals surface area contributed by atoms with Crippen LogP contribution in [0.15, 0.2) is 54.7 Å². The Morgan fingerprint density at radius 2 is 2.00 bits per heavy atom. The number of H-pyrrole nitrogens is 1. The molecule has 7 heteroatoms. The van der Waals surface area contributed by atoms with Crippen molar-refractivity contribution in [1.82, 2.24) is 4.98 Å². The average molecular weight is 336 g/mol. The van der Waals surface area contributed by atoms with Gasteiger partial charge in [0, 0.05) is 28.5 Å². The summed E-state index contributed by atoms with van der Waals surface area (Å²) in [6.07, 6.45) is 1.45. The van der Waals surface area contributed by atoms with Gasteiger partial charge in [0.2, 0.25) is 0 Å². The number of urea groups is 1. The molecule has 1 saturated heterocycles. The third kappa shape index (κ3) is 2.99. The third-order valence-electron chi connectivity index (χ3n) is 4.02. The molecule has 0 saturated carbocycles. The maximum atomic E-state index is 12.3. The minimum Gasteiger partial charge on any atom is -0.447 e. The van der Waals surface area contributed by atoms with Crippen molar-refractivity contribution >= 4 is 40.1 Å². The lowest BCUT2D eigenvalue weighted by Crippen LogP contribution is -2.24. The van der Waals surface area contributed by atoms with E-state index in [-0.39, 0.29) is 12.1 Å². The summed E-state index contributed by atoms with van der Waals surface area (Å²) in [5, 5.41) is 6.57. The SMILES string of the molecule is O=C(Nc1cccc(N2CCOC2=O)c1)Nc1cccc2[nH]ccc12. The topological polar surface area (TPSA) is 86.5 Å². The molecule has 3 aromatic rings.